The van der Waals surface area contributed by atoms with E-state index in [-0.39, 0.29) is 6.04 Å². The highest BCUT2D eigenvalue weighted by Crippen LogP contribution is 2.35. The molecular weight excluding hydrogens is 286 g/mol. The fraction of sp³-hybridized carbons (Fsp3) is 0.600. The molecule has 0 N–H and O–H groups in total. The molecule has 5 nitrogen and oxygen atoms in total. The number of ether oxygens (including phenoxy) is 1. The van der Waals surface area contributed by atoms with Crippen molar-refractivity contribution in [2.75, 3.05) is 19.8 Å². The molecule has 4 rings (SSSR count). The quantitative estimate of drug-likeness (QED) is 0.872. The fourth-order valence-corrected chi connectivity index (χ4v) is 4.02. The van der Waals surface area contributed by atoms with E-state index < -0.39 is 0 Å². The summed E-state index contributed by atoms with van der Waals surface area (Å²) in [7, 11) is 0. The summed E-state index contributed by atoms with van der Waals surface area (Å²) in [4.78, 5) is 7.18. The minimum absolute atomic E-state index is 0.285. The van der Waals surface area contributed by atoms with Gasteiger partial charge < -0.3 is 9.26 Å². The molecule has 21 heavy (non-hydrogen) atoms. The standard InChI is InChI=1S/C15H19N3O2S/c1-2-13(18(6-1)12-3-7-19-8-4-12)15-16-14(17-20-15)11-5-9-21-10-11/h5,9-10,12-13H,1-4,6-8H2/t13-/m1/s1. The average molecular weight is 305 g/mol. The maximum absolute atomic E-state index is 5.56. The minimum atomic E-state index is 0.285. The molecule has 1 atom stereocenters. The van der Waals surface area contributed by atoms with Crippen LogP contribution in [0.25, 0.3) is 11.4 Å². The molecule has 0 radical (unpaired) electrons. The molecule has 0 spiro atoms. The van der Waals surface area contributed by atoms with E-state index in [1.807, 2.05) is 11.4 Å². The van der Waals surface area contributed by atoms with E-state index in [2.05, 4.69) is 20.4 Å². The van der Waals surface area contributed by atoms with Gasteiger partial charge in [0.05, 0.1) is 6.04 Å². The molecule has 2 aliphatic heterocycles. The third-order valence-electron chi connectivity index (χ3n) is 4.46. The van der Waals surface area contributed by atoms with E-state index in [0.29, 0.717) is 11.9 Å². The molecule has 2 saturated heterocycles. The highest BCUT2D eigenvalue weighted by molar-refractivity contribution is 7.08. The zero-order valence-corrected chi connectivity index (χ0v) is 12.7. The predicted octanol–water partition coefficient (Wildman–Crippen LogP) is 3.11. The van der Waals surface area contributed by atoms with Crippen LogP contribution in [0.3, 0.4) is 0 Å². The topological polar surface area (TPSA) is 51.4 Å². The SMILES string of the molecule is c1cc(-c2noc([C@H]3CCCN3C3CCOCC3)n2)cs1. The summed E-state index contributed by atoms with van der Waals surface area (Å²) in [5.41, 5.74) is 1.05. The number of rotatable bonds is 3. The van der Waals surface area contributed by atoms with Crippen molar-refractivity contribution in [1.82, 2.24) is 15.0 Å². The van der Waals surface area contributed by atoms with Gasteiger partial charge in [-0.15, -0.1) is 0 Å². The van der Waals surface area contributed by atoms with Gasteiger partial charge in [0.25, 0.3) is 0 Å². The molecule has 0 amide bonds. The Bertz CT molecular complexity index is 578. The number of thiophene rings is 1. The zero-order valence-electron chi connectivity index (χ0n) is 11.9. The van der Waals surface area contributed by atoms with Gasteiger partial charge in [-0.05, 0) is 43.7 Å². The van der Waals surface area contributed by atoms with Gasteiger partial charge in [0.15, 0.2) is 0 Å². The number of aromatic nitrogens is 2. The molecule has 112 valence electrons. The molecule has 0 saturated carbocycles. The van der Waals surface area contributed by atoms with Gasteiger partial charge in [-0.1, -0.05) is 5.16 Å². The molecule has 0 bridgehead atoms. The Morgan fingerprint density at radius 2 is 2.14 bits per heavy atom. The van der Waals surface area contributed by atoms with Gasteiger partial charge in [0, 0.05) is 30.2 Å². The van der Waals surface area contributed by atoms with Crippen LogP contribution in [-0.4, -0.2) is 40.8 Å². The van der Waals surface area contributed by atoms with Crippen LogP contribution in [0.5, 0.6) is 0 Å². The Balaban J connectivity index is 1.54. The van der Waals surface area contributed by atoms with E-state index >= 15 is 0 Å². The second-order valence-electron chi connectivity index (χ2n) is 5.71. The van der Waals surface area contributed by atoms with Gasteiger partial charge in [0.1, 0.15) is 0 Å². The van der Waals surface area contributed by atoms with E-state index in [1.54, 1.807) is 11.3 Å². The summed E-state index contributed by atoms with van der Waals surface area (Å²) < 4.78 is 11.0. The van der Waals surface area contributed by atoms with Crippen LogP contribution < -0.4 is 0 Å². The molecule has 4 heterocycles. The van der Waals surface area contributed by atoms with Gasteiger partial charge in [-0.3, -0.25) is 4.90 Å². The van der Waals surface area contributed by atoms with Crippen LogP contribution >= 0.6 is 11.3 Å². The van der Waals surface area contributed by atoms with Crippen molar-refractivity contribution in [1.29, 1.82) is 0 Å². The van der Waals surface area contributed by atoms with Gasteiger partial charge in [-0.2, -0.15) is 16.3 Å². The summed E-state index contributed by atoms with van der Waals surface area (Å²) >= 11 is 1.65. The number of likely N-dealkylation sites (tertiary alicyclic amines) is 1. The highest BCUT2D eigenvalue weighted by atomic mass is 32.1. The summed E-state index contributed by atoms with van der Waals surface area (Å²) in [6, 6.07) is 2.92. The molecule has 0 aliphatic carbocycles. The van der Waals surface area contributed by atoms with Gasteiger partial charge in [-0.25, -0.2) is 0 Å². The molecule has 2 aliphatic rings. The first-order valence-corrected chi connectivity index (χ1v) is 8.56. The second kappa shape index (κ2) is 5.87. The van der Waals surface area contributed by atoms with Gasteiger partial charge in [0.2, 0.25) is 11.7 Å². The monoisotopic (exact) mass is 305 g/mol. The maximum Gasteiger partial charge on any atom is 0.244 e. The van der Waals surface area contributed by atoms with Crippen molar-refractivity contribution < 1.29 is 9.26 Å². The Labute approximate surface area is 127 Å². The zero-order chi connectivity index (χ0) is 14.1. The summed E-state index contributed by atoms with van der Waals surface area (Å²) in [6.07, 6.45) is 4.55. The summed E-state index contributed by atoms with van der Waals surface area (Å²) in [5.74, 6) is 1.49. The molecule has 2 fully saturated rings. The van der Waals surface area contributed by atoms with Crippen molar-refractivity contribution >= 4 is 11.3 Å². The van der Waals surface area contributed by atoms with Crippen molar-refractivity contribution in [2.24, 2.45) is 0 Å². The Morgan fingerprint density at radius 1 is 1.24 bits per heavy atom. The lowest BCUT2D eigenvalue weighted by molar-refractivity contribution is 0.0243. The van der Waals surface area contributed by atoms with Crippen LogP contribution in [0, 0.1) is 0 Å². The van der Waals surface area contributed by atoms with E-state index in [0.717, 1.165) is 50.5 Å². The van der Waals surface area contributed by atoms with E-state index in [9.17, 15) is 0 Å². The van der Waals surface area contributed by atoms with Crippen molar-refractivity contribution in [3.8, 4) is 11.4 Å². The number of nitrogens with zero attached hydrogens (tertiary/aromatic N) is 3. The third kappa shape index (κ3) is 2.63. The Kier molecular flexibility index (Phi) is 3.75. The largest absolute Gasteiger partial charge is 0.381 e. The summed E-state index contributed by atoms with van der Waals surface area (Å²) in [6.45, 7) is 2.88. The smallest absolute Gasteiger partial charge is 0.244 e. The fourth-order valence-electron chi connectivity index (χ4n) is 3.39. The Hall–Kier alpha value is -1.24. The van der Waals surface area contributed by atoms with E-state index in [1.165, 1.54) is 6.42 Å². The second-order valence-corrected chi connectivity index (χ2v) is 6.49. The lowest BCUT2D eigenvalue weighted by Gasteiger charge is -2.33. The summed E-state index contributed by atoms with van der Waals surface area (Å²) in [5, 5.41) is 8.24. The molecule has 0 aromatic carbocycles. The first kappa shape index (κ1) is 13.4. The molecule has 2 aromatic rings. The van der Waals surface area contributed by atoms with Crippen molar-refractivity contribution in [3.63, 3.8) is 0 Å². The van der Waals surface area contributed by atoms with Crippen molar-refractivity contribution in [3.05, 3.63) is 22.7 Å². The van der Waals surface area contributed by atoms with E-state index in [4.69, 9.17) is 9.26 Å². The normalized spacial score (nSPS) is 24.7. The first-order valence-electron chi connectivity index (χ1n) is 7.61. The lowest BCUT2D eigenvalue weighted by atomic mass is 10.1. The van der Waals surface area contributed by atoms with Crippen LogP contribution in [0.2, 0.25) is 0 Å². The third-order valence-corrected chi connectivity index (χ3v) is 5.14. The molecular formula is C15H19N3O2S. The van der Waals surface area contributed by atoms with Crippen LogP contribution in [0.4, 0.5) is 0 Å². The predicted molar refractivity (Wildman–Crippen MR) is 80.1 cm³/mol. The number of hydrogen-bond acceptors (Lipinski definition) is 6. The molecule has 6 heteroatoms. The average Bonchev–Trinajstić information content (AvgIpc) is 3.27. The molecule has 2 aromatic heterocycles. The lowest BCUT2D eigenvalue weighted by Crippen LogP contribution is -2.39. The van der Waals surface area contributed by atoms with Crippen LogP contribution in [0.1, 0.15) is 37.6 Å². The highest BCUT2D eigenvalue weighted by Gasteiger charge is 2.35. The van der Waals surface area contributed by atoms with Crippen molar-refractivity contribution in [2.45, 2.75) is 37.8 Å². The van der Waals surface area contributed by atoms with Crippen LogP contribution in [0.15, 0.2) is 21.3 Å². The first-order chi connectivity index (χ1) is 10.4. The van der Waals surface area contributed by atoms with Gasteiger partial charge >= 0.3 is 0 Å². The Morgan fingerprint density at radius 3 is 2.95 bits per heavy atom. The maximum atomic E-state index is 5.56. The van der Waals surface area contributed by atoms with Crippen LogP contribution in [-0.2, 0) is 4.74 Å². The number of hydrogen-bond donors (Lipinski definition) is 0. The molecule has 0 unspecified atom stereocenters. The minimum Gasteiger partial charge on any atom is -0.381 e.